The molecular weight excluding hydrogens is 588 g/mol. The van der Waals surface area contributed by atoms with E-state index in [2.05, 4.69) is 23.6 Å². The van der Waals surface area contributed by atoms with Crippen LogP contribution in [-0.2, 0) is 38.7 Å². The average Bonchev–Trinajstić information content (AvgIpc) is 3.02. The van der Waals surface area contributed by atoms with Crippen LogP contribution in [0.2, 0.25) is 0 Å². The molecule has 0 aromatic rings. The maximum absolute atomic E-state index is 13.1. The quantitative estimate of drug-likeness (QED) is 0.101. The van der Waals surface area contributed by atoms with Gasteiger partial charge in [0.25, 0.3) is 0 Å². The largest absolute Gasteiger partial charge is 0.481 e. The first-order valence-electron chi connectivity index (χ1n) is 17.0. The number of ether oxygens (including phenoxy) is 1. The molecule has 4 aliphatic rings. The maximum Gasteiger partial charge on any atom is 0.310 e. The van der Waals surface area contributed by atoms with Gasteiger partial charge in [0.15, 0.2) is 0 Å². The van der Waals surface area contributed by atoms with Crippen molar-refractivity contribution in [2.45, 2.75) is 116 Å². The predicted octanol–water partition coefficient (Wildman–Crippen LogP) is 5.84. The van der Waals surface area contributed by atoms with Gasteiger partial charge in [-0.25, -0.2) is 19.6 Å². The molecule has 0 bridgehead atoms. The van der Waals surface area contributed by atoms with Crippen LogP contribution in [0.1, 0.15) is 104 Å². The van der Waals surface area contributed by atoms with E-state index < -0.39 is 35.7 Å². The molecule has 0 aromatic heterocycles. The molecule has 4 aliphatic carbocycles. The van der Waals surface area contributed by atoms with E-state index in [1.165, 1.54) is 0 Å². The number of carboxylic acid groups (broad SMARTS) is 2. The molecule has 0 saturated heterocycles. The van der Waals surface area contributed by atoms with Crippen molar-refractivity contribution in [3.8, 4) is 0 Å². The fraction of sp³-hybridized carbons (Fsp3) is 0.909. The first-order valence-corrected chi connectivity index (χ1v) is 17.0. The van der Waals surface area contributed by atoms with Crippen LogP contribution in [-0.4, -0.2) is 70.7 Å². The number of aliphatic carboxylic acids is 2. The van der Waals surface area contributed by atoms with Crippen molar-refractivity contribution in [1.82, 2.24) is 0 Å². The molecule has 4 N–H and O–H groups in total. The van der Waals surface area contributed by atoms with Gasteiger partial charge in [0.2, 0.25) is 0 Å². The second-order valence-corrected chi connectivity index (χ2v) is 14.8. The van der Waals surface area contributed by atoms with Crippen molar-refractivity contribution >= 4 is 17.9 Å². The van der Waals surface area contributed by atoms with Gasteiger partial charge in [-0.1, -0.05) is 13.8 Å². The lowest BCUT2D eigenvalue weighted by Gasteiger charge is -2.46. The van der Waals surface area contributed by atoms with Crippen LogP contribution in [0.5, 0.6) is 0 Å². The molecule has 45 heavy (non-hydrogen) atoms. The molecule has 258 valence electrons. The number of carbonyl (C=O) groups is 3. The standard InChI is InChI=1S/C33H54O12/c1-33(2,24-6-10-26(11-7-24)44-32(38)29-15-20(17-41-39)3-14-28(29)31(36)37)25-8-12-27(13-9-25)45-43-19-23-16-21(30(34)35)4-5-22(23)18-42-40/h20-29,39-40H,3-19H2,1-2H3,(H,34,35)(H,36,37). The summed E-state index contributed by atoms with van der Waals surface area (Å²) in [6.45, 7) is 5.24. The molecule has 4 saturated carbocycles. The average molecular weight is 643 g/mol. The SMILES string of the molecule is CC(C)(C1CCC(OOCC2CC(C(=O)O)CCC2COO)CC1)C1CCC(OC(=O)C2CC(COO)CCC2C(=O)O)CC1. The van der Waals surface area contributed by atoms with Crippen molar-refractivity contribution in [2.24, 2.45) is 52.8 Å². The Balaban J connectivity index is 1.18. The zero-order chi connectivity index (χ0) is 32.6. The van der Waals surface area contributed by atoms with Gasteiger partial charge in [-0.05, 0) is 125 Å². The Bertz CT molecular complexity index is 955. The second-order valence-electron chi connectivity index (χ2n) is 14.8. The number of carboxylic acids is 2. The van der Waals surface area contributed by atoms with Crippen molar-refractivity contribution in [3.05, 3.63) is 0 Å². The third kappa shape index (κ3) is 9.60. The number of carbonyl (C=O) groups excluding carboxylic acids is 1. The van der Waals surface area contributed by atoms with E-state index in [1.54, 1.807) is 0 Å². The highest BCUT2D eigenvalue weighted by atomic mass is 17.2. The minimum atomic E-state index is -0.975. The van der Waals surface area contributed by atoms with Crippen molar-refractivity contribution < 1.29 is 59.4 Å². The molecule has 12 nitrogen and oxygen atoms in total. The van der Waals surface area contributed by atoms with Gasteiger partial charge in [0, 0.05) is 0 Å². The third-order valence-electron chi connectivity index (χ3n) is 11.9. The van der Waals surface area contributed by atoms with Crippen LogP contribution in [0, 0.1) is 52.8 Å². The first kappa shape index (κ1) is 36.0. The van der Waals surface area contributed by atoms with E-state index in [4.69, 9.17) is 25.0 Å². The van der Waals surface area contributed by atoms with Crippen LogP contribution in [0.3, 0.4) is 0 Å². The predicted molar refractivity (Wildman–Crippen MR) is 159 cm³/mol. The van der Waals surface area contributed by atoms with E-state index in [1.807, 2.05) is 0 Å². The highest BCUT2D eigenvalue weighted by molar-refractivity contribution is 5.81. The Morgan fingerprint density at radius 2 is 1.27 bits per heavy atom. The lowest BCUT2D eigenvalue weighted by atomic mass is 9.60. The minimum Gasteiger partial charge on any atom is -0.481 e. The van der Waals surface area contributed by atoms with Gasteiger partial charge in [0.05, 0.1) is 43.7 Å². The Morgan fingerprint density at radius 3 is 1.84 bits per heavy atom. The van der Waals surface area contributed by atoms with Gasteiger partial charge in [-0.3, -0.25) is 24.9 Å². The van der Waals surface area contributed by atoms with E-state index in [0.717, 1.165) is 51.4 Å². The van der Waals surface area contributed by atoms with E-state index >= 15 is 0 Å². The van der Waals surface area contributed by atoms with Gasteiger partial charge in [-0.2, -0.15) is 0 Å². The maximum atomic E-state index is 13.1. The van der Waals surface area contributed by atoms with Gasteiger partial charge < -0.3 is 14.9 Å². The fourth-order valence-corrected chi connectivity index (χ4v) is 8.78. The van der Waals surface area contributed by atoms with Crippen LogP contribution >= 0.6 is 0 Å². The van der Waals surface area contributed by atoms with Crippen LogP contribution in [0.15, 0.2) is 0 Å². The second kappa shape index (κ2) is 16.8. The number of rotatable bonds is 14. The molecule has 0 heterocycles. The van der Waals surface area contributed by atoms with Crippen molar-refractivity contribution in [1.29, 1.82) is 0 Å². The Hall–Kier alpha value is -1.83. The molecule has 12 heteroatoms. The highest BCUT2D eigenvalue weighted by Gasteiger charge is 2.44. The first-order chi connectivity index (χ1) is 21.5. The lowest BCUT2D eigenvalue weighted by Crippen LogP contribution is -2.41. The Labute approximate surface area is 265 Å². The molecule has 4 rings (SSSR count). The van der Waals surface area contributed by atoms with E-state index in [0.29, 0.717) is 50.4 Å². The zero-order valence-electron chi connectivity index (χ0n) is 26.8. The van der Waals surface area contributed by atoms with E-state index in [9.17, 15) is 24.6 Å². The fourth-order valence-electron chi connectivity index (χ4n) is 8.78. The summed E-state index contributed by atoms with van der Waals surface area (Å²) < 4.78 is 5.89. The zero-order valence-corrected chi connectivity index (χ0v) is 26.8. The number of esters is 1. The molecular formula is C33H54O12. The summed E-state index contributed by atoms with van der Waals surface area (Å²) in [5.41, 5.74) is 0.113. The Morgan fingerprint density at radius 1 is 0.644 bits per heavy atom. The summed E-state index contributed by atoms with van der Waals surface area (Å²) >= 11 is 0. The normalized spacial score (nSPS) is 36.3. The summed E-state index contributed by atoms with van der Waals surface area (Å²) in [5.74, 6) is -3.12. The van der Waals surface area contributed by atoms with Crippen LogP contribution < -0.4 is 0 Å². The van der Waals surface area contributed by atoms with Crippen molar-refractivity contribution in [3.63, 3.8) is 0 Å². The summed E-state index contributed by atoms with van der Waals surface area (Å²) in [7, 11) is 0. The van der Waals surface area contributed by atoms with Crippen LogP contribution in [0.4, 0.5) is 0 Å². The molecule has 6 atom stereocenters. The van der Waals surface area contributed by atoms with E-state index in [-0.39, 0.29) is 55.2 Å². The van der Waals surface area contributed by atoms with Crippen LogP contribution in [0.25, 0.3) is 0 Å². The molecule has 0 radical (unpaired) electrons. The highest BCUT2D eigenvalue weighted by Crippen LogP contribution is 2.49. The lowest BCUT2D eigenvalue weighted by molar-refractivity contribution is -0.341. The number of hydrogen-bond acceptors (Lipinski definition) is 10. The molecule has 4 fully saturated rings. The minimum absolute atomic E-state index is 0.00319. The number of hydrogen-bond donors (Lipinski definition) is 4. The molecule has 0 amide bonds. The van der Waals surface area contributed by atoms with Gasteiger partial charge in [0.1, 0.15) is 6.10 Å². The molecule has 0 spiro atoms. The molecule has 0 aliphatic heterocycles. The summed E-state index contributed by atoms with van der Waals surface area (Å²) in [6.07, 6.45) is 10.1. The smallest absolute Gasteiger partial charge is 0.310 e. The third-order valence-corrected chi connectivity index (χ3v) is 11.9. The topological polar surface area (TPSA) is 178 Å². The Kier molecular flexibility index (Phi) is 13.5. The van der Waals surface area contributed by atoms with Gasteiger partial charge in [-0.15, -0.1) is 0 Å². The molecule has 6 unspecified atom stereocenters. The summed E-state index contributed by atoms with van der Waals surface area (Å²) in [6, 6.07) is 0. The van der Waals surface area contributed by atoms with Gasteiger partial charge >= 0.3 is 17.9 Å². The summed E-state index contributed by atoms with van der Waals surface area (Å²) in [4.78, 5) is 56.5. The van der Waals surface area contributed by atoms with Crippen molar-refractivity contribution in [2.75, 3.05) is 19.8 Å². The molecule has 0 aromatic carbocycles. The summed E-state index contributed by atoms with van der Waals surface area (Å²) in [5, 5.41) is 36.9. The monoisotopic (exact) mass is 642 g/mol.